The quantitative estimate of drug-likeness (QED) is 0.566. The van der Waals surface area contributed by atoms with Crippen LogP contribution in [0.5, 0.6) is 0 Å². The van der Waals surface area contributed by atoms with Gasteiger partial charge < -0.3 is 5.32 Å². The van der Waals surface area contributed by atoms with Gasteiger partial charge >= 0.3 is 0 Å². The Kier molecular flexibility index (Phi) is 4.48. The maximum atomic E-state index is 12.2. The second-order valence-electron chi connectivity index (χ2n) is 5.89. The van der Waals surface area contributed by atoms with Gasteiger partial charge in [-0.15, -0.1) is 5.10 Å². The maximum absolute atomic E-state index is 12.2. The summed E-state index contributed by atoms with van der Waals surface area (Å²) in [5.41, 5.74) is 2.89. The molecule has 4 rings (SSSR count). The first-order chi connectivity index (χ1) is 13.2. The van der Waals surface area contributed by atoms with Gasteiger partial charge in [0.15, 0.2) is 5.82 Å². The summed E-state index contributed by atoms with van der Waals surface area (Å²) in [5.74, 6) is 0.222. The Hall–Kier alpha value is -3.75. The third-order valence-corrected chi connectivity index (χ3v) is 3.97. The van der Waals surface area contributed by atoms with E-state index in [1.165, 1.54) is 11.0 Å². The molecule has 0 aliphatic rings. The molecule has 0 atom stereocenters. The number of nitrogens with zero attached hydrogens (tertiary/aromatic N) is 7. The van der Waals surface area contributed by atoms with Crippen molar-refractivity contribution in [3.63, 3.8) is 0 Å². The highest BCUT2D eigenvalue weighted by atomic mass is 16.2. The van der Waals surface area contributed by atoms with E-state index in [1.54, 1.807) is 21.8 Å². The van der Waals surface area contributed by atoms with Gasteiger partial charge in [0.2, 0.25) is 5.91 Å². The minimum Gasteiger partial charge on any atom is -0.306 e. The van der Waals surface area contributed by atoms with E-state index in [0.29, 0.717) is 12.4 Å². The van der Waals surface area contributed by atoms with Crippen LogP contribution in [-0.2, 0) is 17.9 Å². The van der Waals surface area contributed by atoms with Crippen LogP contribution in [0.15, 0.2) is 61.3 Å². The summed E-state index contributed by atoms with van der Waals surface area (Å²) in [5, 5.41) is 19.4. The number of benzene rings is 1. The van der Waals surface area contributed by atoms with Crippen molar-refractivity contribution in [1.29, 1.82) is 0 Å². The molecular weight excluding hydrogens is 344 g/mol. The summed E-state index contributed by atoms with van der Waals surface area (Å²) in [4.78, 5) is 13.7. The van der Waals surface area contributed by atoms with E-state index < -0.39 is 0 Å². The first-order valence-corrected chi connectivity index (χ1v) is 8.54. The lowest BCUT2D eigenvalue weighted by molar-refractivity contribution is -0.116. The molecule has 3 aromatic heterocycles. The molecule has 0 aliphatic heterocycles. The molecule has 0 fully saturated rings. The number of nitrogens with one attached hydrogen (secondary N) is 1. The van der Waals surface area contributed by atoms with Crippen LogP contribution in [0.4, 0.5) is 5.82 Å². The largest absolute Gasteiger partial charge is 0.306 e. The number of rotatable bonds is 6. The molecule has 0 unspecified atom stereocenters. The molecular formula is C18H18N8O. The molecule has 0 saturated carbocycles. The van der Waals surface area contributed by atoms with E-state index in [-0.39, 0.29) is 12.5 Å². The Bertz CT molecular complexity index is 1050. The van der Waals surface area contributed by atoms with Crippen LogP contribution < -0.4 is 5.32 Å². The van der Waals surface area contributed by atoms with Crippen LogP contribution in [0.1, 0.15) is 6.92 Å². The lowest BCUT2D eigenvalue weighted by Crippen LogP contribution is -2.19. The fourth-order valence-electron chi connectivity index (χ4n) is 2.69. The Morgan fingerprint density at radius 1 is 1.11 bits per heavy atom. The standard InChI is InChI=1S/C18H18N8O/c1-2-26-21-11-17(23-26)22-18(27)13-24-12-15(10-20-24)14-5-3-6-16(9-14)25-8-4-7-19-25/h3-12H,2,13H2,1H3,(H,22,23,27). The molecule has 27 heavy (non-hydrogen) atoms. The van der Waals surface area contributed by atoms with Gasteiger partial charge in [0.1, 0.15) is 6.54 Å². The van der Waals surface area contributed by atoms with Crippen molar-refractivity contribution < 1.29 is 4.79 Å². The molecule has 4 aromatic rings. The predicted molar refractivity (Wildman–Crippen MR) is 99.1 cm³/mol. The Morgan fingerprint density at radius 3 is 2.81 bits per heavy atom. The normalized spacial score (nSPS) is 10.9. The van der Waals surface area contributed by atoms with Gasteiger partial charge in [-0.05, 0) is 30.7 Å². The highest BCUT2D eigenvalue weighted by molar-refractivity contribution is 5.89. The molecule has 1 N–H and O–H groups in total. The molecule has 0 radical (unpaired) electrons. The molecule has 1 aromatic carbocycles. The smallest absolute Gasteiger partial charge is 0.247 e. The lowest BCUT2D eigenvalue weighted by atomic mass is 10.1. The predicted octanol–water partition coefficient (Wildman–Crippen LogP) is 1.99. The summed E-state index contributed by atoms with van der Waals surface area (Å²) < 4.78 is 3.39. The highest BCUT2D eigenvalue weighted by Crippen LogP contribution is 2.21. The summed E-state index contributed by atoms with van der Waals surface area (Å²) >= 11 is 0. The van der Waals surface area contributed by atoms with E-state index >= 15 is 0 Å². The fourth-order valence-corrected chi connectivity index (χ4v) is 2.69. The molecule has 136 valence electrons. The number of aromatic nitrogens is 7. The minimum atomic E-state index is -0.210. The van der Waals surface area contributed by atoms with Gasteiger partial charge in [-0.1, -0.05) is 12.1 Å². The van der Waals surface area contributed by atoms with Crippen molar-refractivity contribution in [3.8, 4) is 16.8 Å². The van der Waals surface area contributed by atoms with Gasteiger partial charge in [-0.3, -0.25) is 9.48 Å². The zero-order chi connectivity index (χ0) is 18.6. The van der Waals surface area contributed by atoms with Crippen LogP contribution in [0.2, 0.25) is 0 Å². The van der Waals surface area contributed by atoms with Crippen molar-refractivity contribution in [2.75, 3.05) is 5.32 Å². The third-order valence-electron chi connectivity index (χ3n) is 3.97. The SMILES string of the molecule is CCn1ncc(NC(=O)Cn2cc(-c3cccc(-n4cccn4)c3)cn2)n1. The first kappa shape index (κ1) is 16.7. The van der Waals surface area contributed by atoms with Crippen molar-refractivity contribution in [2.45, 2.75) is 20.0 Å². The number of anilines is 1. The van der Waals surface area contributed by atoms with E-state index in [4.69, 9.17) is 0 Å². The number of amides is 1. The second kappa shape index (κ2) is 7.24. The fraction of sp³-hybridized carbons (Fsp3) is 0.167. The number of carbonyl (C=O) groups is 1. The van der Waals surface area contributed by atoms with Crippen molar-refractivity contribution >= 4 is 11.7 Å². The molecule has 0 bridgehead atoms. The van der Waals surface area contributed by atoms with E-state index in [9.17, 15) is 4.79 Å². The number of carbonyl (C=O) groups excluding carboxylic acids is 1. The second-order valence-corrected chi connectivity index (χ2v) is 5.89. The van der Waals surface area contributed by atoms with Gasteiger partial charge in [0.25, 0.3) is 0 Å². The summed E-state index contributed by atoms with van der Waals surface area (Å²) in [6.07, 6.45) is 8.73. The number of hydrogen-bond donors (Lipinski definition) is 1. The van der Waals surface area contributed by atoms with Gasteiger partial charge in [-0.25, -0.2) is 4.68 Å². The molecule has 0 aliphatic carbocycles. The molecule has 9 nitrogen and oxygen atoms in total. The van der Waals surface area contributed by atoms with E-state index in [0.717, 1.165) is 16.8 Å². The van der Waals surface area contributed by atoms with Gasteiger partial charge in [0.05, 0.1) is 24.6 Å². The maximum Gasteiger partial charge on any atom is 0.247 e. The van der Waals surface area contributed by atoms with Crippen LogP contribution in [0.25, 0.3) is 16.8 Å². The Balaban J connectivity index is 1.45. The third kappa shape index (κ3) is 3.76. The first-order valence-electron chi connectivity index (χ1n) is 8.54. The zero-order valence-electron chi connectivity index (χ0n) is 14.7. The van der Waals surface area contributed by atoms with Crippen LogP contribution in [0.3, 0.4) is 0 Å². The average Bonchev–Trinajstić information content (AvgIpc) is 3.43. The molecule has 9 heteroatoms. The minimum absolute atomic E-state index is 0.0951. The molecule has 1 amide bonds. The van der Waals surface area contributed by atoms with Gasteiger partial charge in [-0.2, -0.15) is 20.1 Å². The average molecular weight is 362 g/mol. The highest BCUT2D eigenvalue weighted by Gasteiger charge is 2.09. The summed E-state index contributed by atoms with van der Waals surface area (Å²) in [7, 11) is 0. The van der Waals surface area contributed by atoms with Crippen molar-refractivity contribution in [2.24, 2.45) is 0 Å². The number of aryl methyl sites for hydroxylation is 1. The topological polar surface area (TPSA) is 95.5 Å². The zero-order valence-corrected chi connectivity index (χ0v) is 14.7. The van der Waals surface area contributed by atoms with Gasteiger partial charge in [0, 0.05) is 24.2 Å². The molecule has 3 heterocycles. The van der Waals surface area contributed by atoms with E-state index in [1.807, 2.05) is 49.6 Å². The monoisotopic (exact) mass is 362 g/mol. The number of hydrogen-bond acceptors (Lipinski definition) is 5. The Labute approximate surface area is 155 Å². The van der Waals surface area contributed by atoms with Crippen molar-refractivity contribution in [3.05, 3.63) is 61.3 Å². The summed E-state index contributed by atoms with van der Waals surface area (Å²) in [6.45, 7) is 2.67. The summed E-state index contributed by atoms with van der Waals surface area (Å²) in [6, 6.07) is 9.85. The molecule has 0 saturated heterocycles. The van der Waals surface area contributed by atoms with Crippen LogP contribution >= 0.6 is 0 Å². The van der Waals surface area contributed by atoms with Crippen LogP contribution in [0, 0.1) is 0 Å². The van der Waals surface area contributed by atoms with E-state index in [2.05, 4.69) is 25.7 Å². The molecule has 0 spiro atoms. The lowest BCUT2D eigenvalue weighted by Gasteiger charge is -2.04. The van der Waals surface area contributed by atoms with Crippen LogP contribution in [-0.4, -0.2) is 40.5 Å². The Morgan fingerprint density at radius 2 is 2.04 bits per heavy atom. The van der Waals surface area contributed by atoms with Crippen molar-refractivity contribution in [1.82, 2.24) is 34.6 Å².